The lowest BCUT2D eigenvalue weighted by Crippen LogP contribution is -2.47. The van der Waals surface area contributed by atoms with Crippen LogP contribution in [0.15, 0.2) is 24.3 Å². The molecule has 1 aromatic heterocycles. The average molecular weight is 335 g/mol. The molecule has 0 amide bonds. The topological polar surface area (TPSA) is 73.1 Å². The van der Waals surface area contributed by atoms with E-state index in [0.29, 0.717) is 11.1 Å². The van der Waals surface area contributed by atoms with E-state index in [1.54, 1.807) is 19.1 Å². The molecule has 0 spiro atoms. The van der Waals surface area contributed by atoms with Gasteiger partial charge < -0.3 is 9.80 Å². The fourth-order valence-corrected chi connectivity index (χ4v) is 3.20. The number of Topliss-reactive ketones (excluding diaryl/α,β-unsaturated/α-hetero) is 1. The third-order valence-electron chi connectivity index (χ3n) is 4.40. The van der Waals surface area contributed by atoms with Gasteiger partial charge in [0.1, 0.15) is 11.6 Å². The van der Waals surface area contributed by atoms with Crippen molar-refractivity contribution in [3.63, 3.8) is 0 Å². The van der Waals surface area contributed by atoms with Gasteiger partial charge >= 0.3 is 0 Å². The summed E-state index contributed by atoms with van der Waals surface area (Å²) in [5.74, 6) is 1.74. The number of carbonyl (C=O) groups is 1. The summed E-state index contributed by atoms with van der Waals surface area (Å²) in [5.41, 5.74) is 3.05. The molecular formula is C19H21N5O. The number of hydrogen-bond acceptors (Lipinski definition) is 6. The Kier molecular flexibility index (Phi) is 4.66. The number of nitrogens with zero attached hydrogens (tertiary/aromatic N) is 5. The van der Waals surface area contributed by atoms with Crippen LogP contribution in [0.5, 0.6) is 0 Å². The fraction of sp³-hybridized carbons (Fsp3) is 0.368. The molecule has 128 valence electrons. The molecule has 0 bridgehead atoms. The quantitative estimate of drug-likeness (QED) is 0.803. The van der Waals surface area contributed by atoms with E-state index in [-0.39, 0.29) is 5.78 Å². The summed E-state index contributed by atoms with van der Waals surface area (Å²) in [6.07, 6.45) is 0. The lowest BCUT2D eigenvalue weighted by molar-refractivity contribution is 0.101. The van der Waals surface area contributed by atoms with Gasteiger partial charge in [-0.15, -0.1) is 0 Å². The highest BCUT2D eigenvalue weighted by atomic mass is 16.1. The Bertz CT molecular complexity index is 827. The number of piperazine rings is 1. The molecular weight excluding hydrogens is 314 g/mol. The molecule has 2 heterocycles. The molecule has 1 fully saturated rings. The molecule has 25 heavy (non-hydrogen) atoms. The molecule has 0 saturated carbocycles. The zero-order valence-electron chi connectivity index (χ0n) is 14.8. The molecule has 1 aliphatic rings. The predicted molar refractivity (Wildman–Crippen MR) is 97.1 cm³/mol. The summed E-state index contributed by atoms with van der Waals surface area (Å²) in [7, 11) is 0. The number of aryl methyl sites for hydroxylation is 2. The van der Waals surface area contributed by atoms with Gasteiger partial charge in [-0.2, -0.15) is 5.26 Å². The van der Waals surface area contributed by atoms with Crippen LogP contribution in [0.3, 0.4) is 0 Å². The third-order valence-corrected chi connectivity index (χ3v) is 4.40. The number of rotatable bonds is 3. The molecule has 2 aromatic rings. The lowest BCUT2D eigenvalue weighted by atomic mass is 10.0. The first-order chi connectivity index (χ1) is 12.0. The van der Waals surface area contributed by atoms with Gasteiger partial charge in [-0.25, -0.2) is 9.97 Å². The number of anilines is 2. The first-order valence-corrected chi connectivity index (χ1v) is 8.35. The summed E-state index contributed by atoms with van der Waals surface area (Å²) < 4.78 is 0. The number of nitriles is 1. The van der Waals surface area contributed by atoms with Crippen LogP contribution in [0.4, 0.5) is 11.5 Å². The standard InChI is InChI=1S/C19H21N5O/c1-13-10-19(22-15(3)21-13)24-8-6-23(7-9-24)18-11-16(12-20)4-5-17(18)14(2)25/h4-5,10-11H,6-9H2,1-3H3. The van der Waals surface area contributed by atoms with Gasteiger partial charge in [0.25, 0.3) is 0 Å². The van der Waals surface area contributed by atoms with Crippen molar-refractivity contribution in [3.05, 3.63) is 46.9 Å². The summed E-state index contributed by atoms with van der Waals surface area (Å²) in [5, 5.41) is 9.16. The van der Waals surface area contributed by atoms with E-state index in [4.69, 9.17) is 5.26 Å². The SMILES string of the molecule is CC(=O)c1ccc(C#N)cc1N1CCN(c2cc(C)nc(C)n2)CC1. The van der Waals surface area contributed by atoms with Crippen LogP contribution in [0, 0.1) is 25.2 Å². The lowest BCUT2D eigenvalue weighted by Gasteiger charge is -2.37. The Labute approximate surface area is 147 Å². The zero-order valence-corrected chi connectivity index (χ0v) is 14.8. The van der Waals surface area contributed by atoms with Gasteiger partial charge in [0.2, 0.25) is 0 Å². The number of ketones is 1. The maximum Gasteiger partial charge on any atom is 0.161 e. The summed E-state index contributed by atoms with van der Waals surface area (Å²) in [6, 6.07) is 9.41. The molecule has 0 unspecified atom stereocenters. The first-order valence-electron chi connectivity index (χ1n) is 8.35. The van der Waals surface area contributed by atoms with E-state index < -0.39 is 0 Å². The van der Waals surface area contributed by atoms with Gasteiger partial charge in [0.05, 0.1) is 11.6 Å². The largest absolute Gasteiger partial charge is 0.367 e. The van der Waals surface area contributed by atoms with Crippen LogP contribution in [0.2, 0.25) is 0 Å². The van der Waals surface area contributed by atoms with Gasteiger partial charge in [0.15, 0.2) is 5.78 Å². The Morgan fingerprint density at radius 1 is 1.08 bits per heavy atom. The second-order valence-electron chi connectivity index (χ2n) is 6.29. The van der Waals surface area contributed by atoms with E-state index in [1.807, 2.05) is 26.0 Å². The van der Waals surface area contributed by atoms with Crippen LogP contribution in [-0.2, 0) is 0 Å². The maximum absolute atomic E-state index is 11.9. The van der Waals surface area contributed by atoms with E-state index in [0.717, 1.165) is 49.2 Å². The van der Waals surface area contributed by atoms with E-state index >= 15 is 0 Å². The minimum atomic E-state index is 0.0176. The van der Waals surface area contributed by atoms with Crippen LogP contribution >= 0.6 is 0 Å². The minimum absolute atomic E-state index is 0.0176. The van der Waals surface area contributed by atoms with Crippen LogP contribution in [-0.4, -0.2) is 41.9 Å². The minimum Gasteiger partial charge on any atom is -0.367 e. The van der Waals surface area contributed by atoms with Crippen LogP contribution < -0.4 is 9.80 Å². The molecule has 6 heteroatoms. The van der Waals surface area contributed by atoms with Crippen LogP contribution in [0.1, 0.15) is 34.4 Å². The van der Waals surface area contributed by atoms with Crippen molar-refractivity contribution >= 4 is 17.3 Å². The number of benzene rings is 1. The van der Waals surface area contributed by atoms with Crippen LogP contribution in [0.25, 0.3) is 0 Å². The average Bonchev–Trinajstić information content (AvgIpc) is 2.60. The number of aromatic nitrogens is 2. The fourth-order valence-electron chi connectivity index (χ4n) is 3.20. The Morgan fingerprint density at radius 3 is 2.36 bits per heavy atom. The smallest absolute Gasteiger partial charge is 0.161 e. The Hall–Kier alpha value is -2.94. The maximum atomic E-state index is 11.9. The van der Waals surface area contributed by atoms with E-state index in [2.05, 4.69) is 25.8 Å². The molecule has 0 atom stereocenters. The second kappa shape index (κ2) is 6.89. The third kappa shape index (κ3) is 3.61. The summed E-state index contributed by atoms with van der Waals surface area (Å²) >= 11 is 0. The van der Waals surface area contributed by atoms with E-state index in [9.17, 15) is 4.79 Å². The molecule has 3 rings (SSSR count). The van der Waals surface area contributed by atoms with E-state index in [1.165, 1.54) is 0 Å². The van der Waals surface area contributed by atoms with Crippen molar-refractivity contribution in [1.82, 2.24) is 9.97 Å². The van der Waals surface area contributed by atoms with Crippen molar-refractivity contribution < 1.29 is 4.79 Å². The molecule has 0 N–H and O–H groups in total. The highest BCUT2D eigenvalue weighted by molar-refractivity contribution is 6.00. The molecule has 0 radical (unpaired) electrons. The first kappa shape index (κ1) is 16.9. The molecule has 1 aliphatic heterocycles. The normalized spacial score (nSPS) is 14.3. The van der Waals surface area contributed by atoms with Gasteiger partial charge in [-0.05, 0) is 39.0 Å². The van der Waals surface area contributed by atoms with Crippen molar-refractivity contribution in [2.45, 2.75) is 20.8 Å². The highest BCUT2D eigenvalue weighted by Crippen LogP contribution is 2.25. The van der Waals surface area contributed by atoms with Crippen molar-refractivity contribution in [2.24, 2.45) is 0 Å². The van der Waals surface area contributed by atoms with Crippen molar-refractivity contribution in [3.8, 4) is 6.07 Å². The van der Waals surface area contributed by atoms with Crippen molar-refractivity contribution in [2.75, 3.05) is 36.0 Å². The van der Waals surface area contributed by atoms with Gasteiger partial charge in [-0.3, -0.25) is 4.79 Å². The predicted octanol–water partition coefficient (Wildman–Crippen LogP) is 2.49. The van der Waals surface area contributed by atoms with Crippen molar-refractivity contribution in [1.29, 1.82) is 5.26 Å². The molecule has 1 saturated heterocycles. The van der Waals surface area contributed by atoms with Gasteiger partial charge in [0, 0.05) is 49.2 Å². The second-order valence-corrected chi connectivity index (χ2v) is 6.29. The summed E-state index contributed by atoms with van der Waals surface area (Å²) in [6.45, 7) is 8.61. The molecule has 0 aliphatic carbocycles. The Morgan fingerprint density at radius 2 is 1.76 bits per heavy atom. The number of hydrogen-bond donors (Lipinski definition) is 0. The molecule has 1 aromatic carbocycles. The number of carbonyl (C=O) groups excluding carboxylic acids is 1. The highest BCUT2D eigenvalue weighted by Gasteiger charge is 2.22. The Balaban J connectivity index is 1.80. The monoisotopic (exact) mass is 335 g/mol. The summed E-state index contributed by atoms with van der Waals surface area (Å²) in [4.78, 5) is 25.2. The van der Waals surface area contributed by atoms with Gasteiger partial charge in [-0.1, -0.05) is 0 Å². The zero-order chi connectivity index (χ0) is 18.0. The molecule has 6 nitrogen and oxygen atoms in total.